The summed E-state index contributed by atoms with van der Waals surface area (Å²) in [5.74, 6) is 0.249. The van der Waals surface area contributed by atoms with Crippen LogP contribution in [0.25, 0.3) is 0 Å². The van der Waals surface area contributed by atoms with E-state index < -0.39 is 0 Å². The van der Waals surface area contributed by atoms with Crippen molar-refractivity contribution in [2.24, 2.45) is 10.9 Å². The summed E-state index contributed by atoms with van der Waals surface area (Å²) in [6.07, 6.45) is 1.50. The summed E-state index contributed by atoms with van der Waals surface area (Å²) in [5.41, 5.74) is 5.29. The molecule has 0 atom stereocenters. The maximum Gasteiger partial charge on any atom is 0.140 e. The van der Waals surface area contributed by atoms with Crippen molar-refractivity contribution in [2.75, 3.05) is 40.0 Å². The van der Waals surface area contributed by atoms with E-state index in [0.29, 0.717) is 26.2 Å². The van der Waals surface area contributed by atoms with Gasteiger partial charge in [0.1, 0.15) is 5.84 Å². The van der Waals surface area contributed by atoms with Gasteiger partial charge in [-0.3, -0.25) is 0 Å². The van der Waals surface area contributed by atoms with E-state index >= 15 is 0 Å². The van der Waals surface area contributed by atoms with Gasteiger partial charge >= 0.3 is 0 Å². The standard InChI is InChI=1S/C9H21N3O3/c1-14-7-8-15-6-2-4-11-5-3-9(10)12-13/h11,13H,2-8H2,1H3,(H2,10,12). The summed E-state index contributed by atoms with van der Waals surface area (Å²) in [5, 5.41) is 14.3. The Morgan fingerprint density at radius 3 is 2.80 bits per heavy atom. The highest BCUT2D eigenvalue weighted by Gasteiger charge is 1.93. The van der Waals surface area contributed by atoms with Crippen LogP contribution in [0.5, 0.6) is 0 Å². The molecule has 0 saturated heterocycles. The largest absolute Gasteiger partial charge is 0.409 e. The van der Waals surface area contributed by atoms with Gasteiger partial charge < -0.3 is 25.7 Å². The van der Waals surface area contributed by atoms with Gasteiger partial charge in [-0.2, -0.15) is 0 Å². The zero-order chi connectivity index (χ0) is 11.4. The molecule has 0 aliphatic heterocycles. The van der Waals surface area contributed by atoms with Gasteiger partial charge in [0, 0.05) is 26.7 Å². The fourth-order valence-electron chi connectivity index (χ4n) is 0.935. The van der Waals surface area contributed by atoms with Gasteiger partial charge in [0.05, 0.1) is 13.2 Å². The molecule has 0 aromatic heterocycles. The molecule has 0 aromatic rings. The smallest absolute Gasteiger partial charge is 0.140 e. The summed E-state index contributed by atoms with van der Waals surface area (Å²) < 4.78 is 10.1. The number of nitrogens with two attached hydrogens (primary N) is 1. The van der Waals surface area contributed by atoms with E-state index in [2.05, 4.69) is 10.5 Å². The summed E-state index contributed by atoms with van der Waals surface area (Å²) in [6, 6.07) is 0. The third kappa shape index (κ3) is 11.1. The molecule has 6 heteroatoms. The molecule has 0 saturated carbocycles. The molecule has 0 aromatic carbocycles. The van der Waals surface area contributed by atoms with E-state index in [-0.39, 0.29) is 5.84 Å². The van der Waals surface area contributed by atoms with Crippen molar-refractivity contribution in [3.8, 4) is 0 Å². The highest BCUT2D eigenvalue weighted by atomic mass is 16.5. The van der Waals surface area contributed by atoms with E-state index in [1.165, 1.54) is 0 Å². The monoisotopic (exact) mass is 219 g/mol. The number of oxime groups is 1. The first-order valence-corrected chi connectivity index (χ1v) is 5.05. The highest BCUT2D eigenvalue weighted by Crippen LogP contribution is 1.82. The first-order valence-electron chi connectivity index (χ1n) is 5.05. The lowest BCUT2D eigenvalue weighted by atomic mass is 10.4. The fourth-order valence-corrected chi connectivity index (χ4v) is 0.935. The second-order valence-electron chi connectivity index (χ2n) is 3.05. The predicted molar refractivity (Wildman–Crippen MR) is 58.2 cm³/mol. The van der Waals surface area contributed by atoms with Crippen molar-refractivity contribution in [2.45, 2.75) is 12.8 Å². The molecule has 0 aliphatic rings. The van der Waals surface area contributed by atoms with Gasteiger partial charge in [-0.15, -0.1) is 0 Å². The van der Waals surface area contributed by atoms with Crippen molar-refractivity contribution in [3.63, 3.8) is 0 Å². The normalized spacial score (nSPS) is 11.9. The van der Waals surface area contributed by atoms with Crippen LogP contribution in [0.15, 0.2) is 5.16 Å². The van der Waals surface area contributed by atoms with Crippen molar-refractivity contribution in [1.29, 1.82) is 0 Å². The number of nitrogens with zero attached hydrogens (tertiary/aromatic N) is 1. The first kappa shape index (κ1) is 14.2. The minimum absolute atomic E-state index is 0.249. The van der Waals surface area contributed by atoms with Crippen LogP contribution in [-0.2, 0) is 9.47 Å². The maximum absolute atomic E-state index is 8.26. The molecular formula is C9H21N3O3. The molecule has 0 amide bonds. The SMILES string of the molecule is COCCOCCCNCCC(N)=NO. The molecule has 0 radical (unpaired) electrons. The minimum Gasteiger partial charge on any atom is -0.409 e. The van der Waals surface area contributed by atoms with Crippen LogP contribution in [-0.4, -0.2) is 51.1 Å². The minimum atomic E-state index is 0.249. The first-order chi connectivity index (χ1) is 7.31. The molecule has 15 heavy (non-hydrogen) atoms. The molecule has 0 bridgehead atoms. The molecule has 90 valence electrons. The fraction of sp³-hybridized carbons (Fsp3) is 0.889. The van der Waals surface area contributed by atoms with Crippen LogP contribution >= 0.6 is 0 Å². The third-order valence-corrected chi connectivity index (χ3v) is 1.76. The lowest BCUT2D eigenvalue weighted by Crippen LogP contribution is -2.23. The molecule has 6 nitrogen and oxygen atoms in total. The summed E-state index contributed by atoms with van der Waals surface area (Å²) in [4.78, 5) is 0. The average molecular weight is 219 g/mol. The summed E-state index contributed by atoms with van der Waals surface area (Å²) >= 11 is 0. The van der Waals surface area contributed by atoms with Crippen molar-refractivity contribution >= 4 is 5.84 Å². The van der Waals surface area contributed by atoms with Crippen LogP contribution < -0.4 is 11.1 Å². The van der Waals surface area contributed by atoms with Gasteiger partial charge in [0.15, 0.2) is 0 Å². The third-order valence-electron chi connectivity index (χ3n) is 1.76. The second kappa shape index (κ2) is 11.2. The Bertz CT molecular complexity index is 165. The lowest BCUT2D eigenvalue weighted by molar-refractivity contribution is 0.0695. The maximum atomic E-state index is 8.26. The molecular weight excluding hydrogens is 198 g/mol. The zero-order valence-electron chi connectivity index (χ0n) is 9.24. The number of amidine groups is 1. The van der Waals surface area contributed by atoms with Gasteiger partial charge in [-0.25, -0.2) is 0 Å². The van der Waals surface area contributed by atoms with Crippen molar-refractivity contribution in [1.82, 2.24) is 5.32 Å². The van der Waals surface area contributed by atoms with Crippen LogP contribution in [0.1, 0.15) is 12.8 Å². The number of hydrogen-bond donors (Lipinski definition) is 3. The van der Waals surface area contributed by atoms with Gasteiger partial charge in [0.2, 0.25) is 0 Å². The van der Waals surface area contributed by atoms with Crippen LogP contribution in [0, 0.1) is 0 Å². The number of nitrogens with one attached hydrogen (secondary N) is 1. The molecule has 4 N–H and O–H groups in total. The molecule has 0 unspecified atom stereocenters. The quantitative estimate of drug-likeness (QED) is 0.155. The number of methoxy groups -OCH3 is 1. The summed E-state index contributed by atoms with van der Waals surface area (Å²) in [6.45, 7) is 3.58. The van der Waals surface area contributed by atoms with Crippen LogP contribution in [0.3, 0.4) is 0 Å². The predicted octanol–water partition coefficient (Wildman–Crippen LogP) is -0.234. The van der Waals surface area contributed by atoms with Crippen LogP contribution in [0.4, 0.5) is 0 Å². The van der Waals surface area contributed by atoms with Gasteiger partial charge in [0.25, 0.3) is 0 Å². The van der Waals surface area contributed by atoms with Crippen molar-refractivity contribution in [3.05, 3.63) is 0 Å². The number of hydrogen-bond acceptors (Lipinski definition) is 5. The Kier molecular flexibility index (Phi) is 10.6. The summed E-state index contributed by atoms with van der Waals surface area (Å²) in [7, 11) is 1.65. The number of rotatable bonds is 10. The highest BCUT2D eigenvalue weighted by molar-refractivity contribution is 5.79. The molecule has 0 fully saturated rings. The van der Waals surface area contributed by atoms with E-state index in [9.17, 15) is 0 Å². The average Bonchev–Trinajstić information content (AvgIpc) is 2.26. The molecule has 0 heterocycles. The topological polar surface area (TPSA) is 89.1 Å². The van der Waals surface area contributed by atoms with E-state index in [0.717, 1.165) is 19.6 Å². The van der Waals surface area contributed by atoms with Crippen molar-refractivity contribution < 1.29 is 14.7 Å². The molecule has 0 spiro atoms. The second-order valence-corrected chi connectivity index (χ2v) is 3.05. The Balaban J connectivity index is 2.99. The zero-order valence-corrected chi connectivity index (χ0v) is 9.24. The van der Waals surface area contributed by atoms with Crippen LogP contribution in [0.2, 0.25) is 0 Å². The Labute approximate surface area is 90.4 Å². The van der Waals surface area contributed by atoms with Gasteiger partial charge in [-0.05, 0) is 13.0 Å². The number of ether oxygens (including phenoxy) is 2. The van der Waals surface area contributed by atoms with E-state index in [1.54, 1.807) is 7.11 Å². The Hall–Kier alpha value is -0.850. The van der Waals surface area contributed by atoms with E-state index in [4.69, 9.17) is 20.4 Å². The molecule has 0 rings (SSSR count). The Morgan fingerprint density at radius 2 is 2.13 bits per heavy atom. The lowest BCUT2D eigenvalue weighted by Gasteiger charge is -2.05. The Morgan fingerprint density at radius 1 is 1.33 bits per heavy atom. The van der Waals surface area contributed by atoms with E-state index in [1.807, 2.05) is 0 Å². The van der Waals surface area contributed by atoms with Gasteiger partial charge in [-0.1, -0.05) is 5.16 Å². The molecule has 0 aliphatic carbocycles.